The smallest absolute Gasteiger partial charge is 0.235 e. The quantitative estimate of drug-likeness (QED) is 0.799. The summed E-state index contributed by atoms with van der Waals surface area (Å²) in [5.41, 5.74) is 5.24. The van der Waals surface area contributed by atoms with E-state index in [0.717, 1.165) is 25.9 Å². The van der Waals surface area contributed by atoms with Gasteiger partial charge in [0.05, 0.1) is 10.4 Å². The Morgan fingerprint density at radius 1 is 1.11 bits per heavy atom. The van der Waals surface area contributed by atoms with E-state index in [1.165, 1.54) is 19.3 Å². The second kappa shape index (κ2) is 7.07. The van der Waals surface area contributed by atoms with Crippen molar-refractivity contribution in [3.63, 3.8) is 0 Å². The highest BCUT2D eigenvalue weighted by Crippen LogP contribution is 2.30. The summed E-state index contributed by atoms with van der Waals surface area (Å²) in [6, 6.07) is 0. The summed E-state index contributed by atoms with van der Waals surface area (Å²) < 4.78 is 0. The molecule has 1 aliphatic rings. The van der Waals surface area contributed by atoms with Crippen LogP contribution in [0, 0.1) is 5.41 Å². The first kappa shape index (κ1) is 15.4. The number of rotatable bonds is 4. The first-order valence-corrected chi connectivity index (χ1v) is 7.58. The van der Waals surface area contributed by atoms with Crippen LogP contribution in [0.5, 0.6) is 0 Å². The van der Waals surface area contributed by atoms with Gasteiger partial charge in [-0.25, -0.2) is 0 Å². The van der Waals surface area contributed by atoms with Gasteiger partial charge in [-0.2, -0.15) is 0 Å². The highest BCUT2D eigenvalue weighted by atomic mass is 32.1. The van der Waals surface area contributed by atoms with E-state index in [1.54, 1.807) is 0 Å². The van der Waals surface area contributed by atoms with E-state index in [9.17, 15) is 4.79 Å². The van der Waals surface area contributed by atoms with E-state index < -0.39 is 5.41 Å². The zero-order valence-electron chi connectivity index (χ0n) is 11.7. The molecule has 0 atom stereocenters. The molecule has 1 amide bonds. The van der Waals surface area contributed by atoms with Crippen LogP contribution in [0.25, 0.3) is 0 Å². The van der Waals surface area contributed by atoms with Crippen LogP contribution in [0.1, 0.15) is 58.8 Å². The Morgan fingerprint density at radius 2 is 1.56 bits per heavy atom. The second-order valence-corrected chi connectivity index (χ2v) is 5.65. The first-order chi connectivity index (χ1) is 8.58. The summed E-state index contributed by atoms with van der Waals surface area (Å²) in [6.45, 7) is 5.74. The molecule has 1 rings (SSSR count). The number of nitrogens with zero attached hydrogens (tertiary/aromatic N) is 1. The van der Waals surface area contributed by atoms with Crippen molar-refractivity contribution in [3.05, 3.63) is 0 Å². The zero-order chi connectivity index (χ0) is 13.6. The molecule has 0 spiro atoms. The molecule has 0 aromatic rings. The van der Waals surface area contributed by atoms with E-state index in [0.29, 0.717) is 17.8 Å². The summed E-state index contributed by atoms with van der Waals surface area (Å²) >= 11 is 5.16. The second-order valence-electron chi connectivity index (χ2n) is 5.21. The minimum atomic E-state index is -0.617. The fourth-order valence-corrected chi connectivity index (χ4v) is 3.14. The molecule has 1 fully saturated rings. The van der Waals surface area contributed by atoms with Gasteiger partial charge in [0.15, 0.2) is 0 Å². The van der Waals surface area contributed by atoms with Gasteiger partial charge in [0.1, 0.15) is 0 Å². The normalized spacial score (nSPS) is 18.0. The lowest BCUT2D eigenvalue weighted by Crippen LogP contribution is -2.50. The van der Waals surface area contributed by atoms with Crippen molar-refractivity contribution in [2.24, 2.45) is 11.1 Å². The first-order valence-electron chi connectivity index (χ1n) is 7.17. The molecule has 0 radical (unpaired) electrons. The summed E-state index contributed by atoms with van der Waals surface area (Å²) in [5, 5.41) is 0. The average molecular weight is 270 g/mol. The van der Waals surface area contributed by atoms with Crippen LogP contribution in [0.15, 0.2) is 0 Å². The molecule has 104 valence electrons. The summed E-state index contributed by atoms with van der Waals surface area (Å²) in [6.07, 6.45) is 7.36. The maximum Gasteiger partial charge on any atom is 0.235 e. The van der Waals surface area contributed by atoms with E-state index >= 15 is 0 Å². The molecule has 2 N–H and O–H groups in total. The van der Waals surface area contributed by atoms with Crippen LogP contribution in [-0.4, -0.2) is 28.9 Å². The number of nitrogens with two attached hydrogens (primary N) is 1. The van der Waals surface area contributed by atoms with Gasteiger partial charge in [-0.15, -0.1) is 0 Å². The van der Waals surface area contributed by atoms with Crippen molar-refractivity contribution in [2.75, 3.05) is 13.1 Å². The maximum absolute atomic E-state index is 12.7. The number of hydrogen-bond acceptors (Lipinski definition) is 2. The van der Waals surface area contributed by atoms with Crippen LogP contribution in [0.4, 0.5) is 0 Å². The van der Waals surface area contributed by atoms with Crippen molar-refractivity contribution in [3.8, 4) is 0 Å². The molecule has 1 saturated heterocycles. The van der Waals surface area contributed by atoms with Crippen LogP contribution >= 0.6 is 12.2 Å². The van der Waals surface area contributed by atoms with Crippen LogP contribution in [-0.2, 0) is 4.79 Å². The minimum Gasteiger partial charge on any atom is -0.392 e. The molecule has 0 aliphatic carbocycles. The molecule has 0 aromatic heterocycles. The summed E-state index contributed by atoms with van der Waals surface area (Å²) in [7, 11) is 0. The lowest BCUT2D eigenvalue weighted by molar-refractivity contribution is -0.139. The Bertz CT molecular complexity index is 292. The van der Waals surface area contributed by atoms with Crippen molar-refractivity contribution >= 4 is 23.1 Å². The Morgan fingerprint density at radius 3 is 1.94 bits per heavy atom. The van der Waals surface area contributed by atoms with Crippen molar-refractivity contribution in [1.82, 2.24) is 4.90 Å². The largest absolute Gasteiger partial charge is 0.392 e. The molecule has 0 saturated carbocycles. The van der Waals surface area contributed by atoms with E-state index in [2.05, 4.69) is 0 Å². The van der Waals surface area contributed by atoms with Crippen molar-refractivity contribution in [2.45, 2.75) is 58.8 Å². The van der Waals surface area contributed by atoms with Gasteiger partial charge < -0.3 is 10.6 Å². The third-order valence-electron chi connectivity index (χ3n) is 4.23. The molecular weight excluding hydrogens is 244 g/mol. The molecule has 0 aromatic carbocycles. The minimum absolute atomic E-state index is 0.155. The lowest BCUT2D eigenvalue weighted by atomic mass is 9.80. The van der Waals surface area contributed by atoms with Crippen LogP contribution < -0.4 is 5.73 Å². The van der Waals surface area contributed by atoms with Gasteiger partial charge in [0, 0.05) is 13.1 Å². The summed E-state index contributed by atoms with van der Waals surface area (Å²) in [4.78, 5) is 15.1. The van der Waals surface area contributed by atoms with Gasteiger partial charge >= 0.3 is 0 Å². The molecule has 4 heteroatoms. The highest BCUT2D eigenvalue weighted by molar-refractivity contribution is 7.80. The molecule has 3 nitrogen and oxygen atoms in total. The molecule has 18 heavy (non-hydrogen) atoms. The van der Waals surface area contributed by atoms with Gasteiger partial charge in [0.2, 0.25) is 5.91 Å². The van der Waals surface area contributed by atoms with Crippen LogP contribution in [0.3, 0.4) is 0 Å². The van der Waals surface area contributed by atoms with Crippen molar-refractivity contribution in [1.29, 1.82) is 0 Å². The van der Waals surface area contributed by atoms with Crippen LogP contribution in [0.2, 0.25) is 0 Å². The molecule has 1 aliphatic heterocycles. The van der Waals surface area contributed by atoms with Crippen molar-refractivity contribution < 1.29 is 4.79 Å². The van der Waals surface area contributed by atoms with E-state index in [-0.39, 0.29) is 5.91 Å². The third kappa shape index (κ3) is 3.22. The molecule has 1 heterocycles. The van der Waals surface area contributed by atoms with Gasteiger partial charge in [0.25, 0.3) is 0 Å². The number of carbonyl (C=O) groups is 1. The predicted molar refractivity (Wildman–Crippen MR) is 79.5 cm³/mol. The number of carbonyl (C=O) groups excluding carboxylic acids is 1. The standard InChI is InChI=1S/C14H26N2OS/c1-3-14(4-2,12(15)18)13(17)16-10-8-6-5-7-9-11-16/h3-11H2,1-2H3,(H2,15,18). The van der Waals surface area contributed by atoms with E-state index in [4.69, 9.17) is 18.0 Å². The molecule has 0 bridgehead atoms. The topological polar surface area (TPSA) is 46.3 Å². The fourth-order valence-electron chi connectivity index (χ4n) is 2.76. The maximum atomic E-state index is 12.7. The Labute approximate surface area is 116 Å². The Kier molecular flexibility index (Phi) is 6.06. The SMILES string of the molecule is CCC(CC)(C(=O)N1CCCCCCC1)C(N)=S. The highest BCUT2D eigenvalue weighted by Gasteiger charge is 2.40. The monoisotopic (exact) mass is 270 g/mol. The molecule has 0 unspecified atom stereocenters. The van der Waals surface area contributed by atoms with Gasteiger partial charge in [-0.1, -0.05) is 45.3 Å². The Balaban J connectivity index is 2.83. The summed E-state index contributed by atoms with van der Waals surface area (Å²) in [5.74, 6) is 0.155. The lowest BCUT2D eigenvalue weighted by Gasteiger charge is -2.36. The average Bonchev–Trinajstić information content (AvgIpc) is 2.30. The Hall–Kier alpha value is -0.640. The zero-order valence-corrected chi connectivity index (χ0v) is 12.5. The number of thiocarbonyl (C=S) groups is 1. The predicted octanol–water partition coefficient (Wildman–Crippen LogP) is 2.87. The number of hydrogen-bond donors (Lipinski definition) is 1. The van der Waals surface area contributed by atoms with Gasteiger partial charge in [-0.05, 0) is 25.7 Å². The number of amides is 1. The number of likely N-dealkylation sites (tertiary alicyclic amines) is 1. The fraction of sp³-hybridized carbons (Fsp3) is 0.857. The third-order valence-corrected chi connectivity index (χ3v) is 4.62. The van der Waals surface area contributed by atoms with E-state index in [1.807, 2.05) is 18.7 Å². The van der Waals surface area contributed by atoms with Gasteiger partial charge in [-0.3, -0.25) is 4.79 Å². The molecular formula is C14H26N2OS.